The lowest BCUT2D eigenvalue weighted by Gasteiger charge is -2.36. The Labute approximate surface area is 213 Å². The molecule has 36 heavy (non-hydrogen) atoms. The first-order chi connectivity index (χ1) is 17.6. The highest BCUT2D eigenvalue weighted by Crippen LogP contribution is 2.29. The lowest BCUT2D eigenvalue weighted by molar-refractivity contribution is 0.0853. The molecule has 0 amide bonds. The minimum Gasteiger partial charge on any atom is -0.491 e. The summed E-state index contributed by atoms with van der Waals surface area (Å²) in [4.78, 5) is 16.6. The molecule has 10 heteroatoms. The molecule has 1 aromatic heterocycles. The number of hydrogen-bond acceptors (Lipinski definition) is 9. The SMILES string of the molecule is CNCC(O)COc1cccc(-c2nc(N3CCN(CCF)CC3)cc(N(C)C3CCOCC3)n2)c1. The minimum absolute atomic E-state index is 0.200. The van der Waals surface area contributed by atoms with Crippen LogP contribution in [0.25, 0.3) is 11.4 Å². The van der Waals surface area contributed by atoms with Gasteiger partial charge in [-0.05, 0) is 32.0 Å². The molecule has 9 nitrogen and oxygen atoms in total. The fraction of sp³-hybridized carbons (Fsp3) is 0.615. The summed E-state index contributed by atoms with van der Waals surface area (Å²) in [5, 5.41) is 12.9. The van der Waals surface area contributed by atoms with Crippen LogP contribution in [0.15, 0.2) is 30.3 Å². The first kappa shape index (κ1) is 26.5. The van der Waals surface area contributed by atoms with Crippen molar-refractivity contribution in [3.63, 3.8) is 0 Å². The molecule has 2 aromatic rings. The number of aromatic nitrogens is 2. The minimum atomic E-state index is -0.589. The number of ether oxygens (including phenoxy) is 2. The summed E-state index contributed by atoms with van der Waals surface area (Å²) in [5.41, 5.74) is 0.857. The number of anilines is 2. The molecule has 2 fully saturated rings. The fourth-order valence-corrected chi connectivity index (χ4v) is 4.69. The van der Waals surface area contributed by atoms with Crippen molar-refractivity contribution < 1.29 is 19.0 Å². The molecule has 0 saturated carbocycles. The summed E-state index contributed by atoms with van der Waals surface area (Å²) < 4.78 is 24.2. The van der Waals surface area contributed by atoms with Gasteiger partial charge < -0.3 is 29.7 Å². The van der Waals surface area contributed by atoms with Gasteiger partial charge in [-0.3, -0.25) is 4.90 Å². The lowest BCUT2D eigenvalue weighted by atomic mass is 10.1. The first-order valence-electron chi connectivity index (χ1n) is 12.9. The Hall–Kier alpha value is -2.53. The third-order valence-electron chi connectivity index (χ3n) is 6.87. The Bertz CT molecular complexity index is 953. The second-order valence-corrected chi connectivity index (χ2v) is 9.43. The average Bonchev–Trinajstić information content (AvgIpc) is 2.93. The van der Waals surface area contributed by atoms with Gasteiger partial charge in [-0.2, -0.15) is 0 Å². The van der Waals surface area contributed by atoms with Crippen molar-refractivity contribution in [1.82, 2.24) is 20.2 Å². The van der Waals surface area contributed by atoms with Gasteiger partial charge in [-0.25, -0.2) is 14.4 Å². The van der Waals surface area contributed by atoms with Crippen LogP contribution < -0.4 is 19.9 Å². The molecule has 0 bridgehead atoms. The van der Waals surface area contributed by atoms with Crippen LogP contribution in [0.1, 0.15) is 12.8 Å². The van der Waals surface area contributed by atoms with E-state index >= 15 is 0 Å². The Morgan fingerprint density at radius 2 is 1.97 bits per heavy atom. The normalized spacial score (nSPS) is 18.3. The topological polar surface area (TPSA) is 86.2 Å². The van der Waals surface area contributed by atoms with Gasteiger partial charge in [0.15, 0.2) is 5.82 Å². The van der Waals surface area contributed by atoms with Crippen LogP contribution in [0.4, 0.5) is 16.0 Å². The summed E-state index contributed by atoms with van der Waals surface area (Å²) in [7, 11) is 3.89. The van der Waals surface area contributed by atoms with Crippen LogP contribution in [0.5, 0.6) is 5.75 Å². The third kappa shape index (κ3) is 7.03. The van der Waals surface area contributed by atoms with Gasteiger partial charge in [0.1, 0.15) is 36.8 Å². The van der Waals surface area contributed by atoms with Crippen molar-refractivity contribution in [2.24, 2.45) is 0 Å². The predicted octanol–water partition coefficient (Wildman–Crippen LogP) is 1.81. The van der Waals surface area contributed by atoms with Gasteiger partial charge in [0.25, 0.3) is 0 Å². The molecule has 0 spiro atoms. The van der Waals surface area contributed by atoms with Crippen molar-refractivity contribution in [2.75, 3.05) is 89.7 Å². The van der Waals surface area contributed by atoms with E-state index in [0.29, 0.717) is 30.7 Å². The Morgan fingerprint density at radius 3 is 2.69 bits per heavy atom. The van der Waals surface area contributed by atoms with E-state index in [2.05, 4.69) is 33.1 Å². The maximum Gasteiger partial charge on any atom is 0.163 e. The second kappa shape index (κ2) is 13.1. The molecule has 2 aliphatic heterocycles. The molecule has 0 aliphatic carbocycles. The fourth-order valence-electron chi connectivity index (χ4n) is 4.69. The van der Waals surface area contributed by atoms with Gasteiger partial charge in [0.2, 0.25) is 0 Å². The Kier molecular flexibility index (Phi) is 9.68. The number of benzene rings is 1. The van der Waals surface area contributed by atoms with Crippen LogP contribution in [-0.2, 0) is 4.74 Å². The molecule has 1 unspecified atom stereocenters. The number of aliphatic hydroxyl groups is 1. The number of nitrogens with zero attached hydrogens (tertiary/aromatic N) is 5. The van der Waals surface area contributed by atoms with E-state index < -0.39 is 6.10 Å². The molecule has 3 heterocycles. The van der Waals surface area contributed by atoms with Crippen LogP contribution in [0, 0.1) is 0 Å². The number of rotatable bonds is 11. The highest BCUT2D eigenvalue weighted by atomic mass is 19.1. The smallest absolute Gasteiger partial charge is 0.163 e. The van der Waals surface area contributed by atoms with Crippen LogP contribution in [0.3, 0.4) is 0 Å². The van der Waals surface area contributed by atoms with Crippen LogP contribution >= 0.6 is 0 Å². The maximum atomic E-state index is 12.8. The highest BCUT2D eigenvalue weighted by molar-refractivity contribution is 5.64. The third-order valence-corrected chi connectivity index (χ3v) is 6.87. The summed E-state index contributed by atoms with van der Waals surface area (Å²) in [6.45, 7) is 5.56. The monoisotopic (exact) mass is 502 g/mol. The highest BCUT2D eigenvalue weighted by Gasteiger charge is 2.24. The molecular weight excluding hydrogens is 463 g/mol. The van der Waals surface area contributed by atoms with Crippen molar-refractivity contribution in [3.05, 3.63) is 30.3 Å². The average molecular weight is 503 g/mol. The molecule has 0 radical (unpaired) electrons. The number of hydrogen-bond donors (Lipinski definition) is 2. The zero-order chi connectivity index (χ0) is 25.3. The van der Waals surface area contributed by atoms with Crippen molar-refractivity contribution in [1.29, 1.82) is 0 Å². The first-order valence-corrected chi connectivity index (χ1v) is 12.9. The maximum absolute atomic E-state index is 12.8. The standard InChI is InChI=1S/C26H39FN6O3/c1-28-18-22(34)19-36-23-5-3-4-20(16-23)26-29-24(31(2)21-6-14-35-15-7-21)17-25(30-26)33-12-10-32(9-8-27)11-13-33/h3-5,16-17,21-22,28,34H,6-15,18-19H2,1-2H3. The Balaban J connectivity index is 1.59. The van der Waals surface area contributed by atoms with E-state index in [9.17, 15) is 9.50 Å². The van der Waals surface area contributed by atoms with Crippen molar-refractivity contribution >= 4 is 11.6 Å². The number of piperazine rings is 1. The Morgan fingerprint density at radius 1 is 1.19 bits per heavy atom. The van der Waals surface area contributed by atoms with Gasteiger partial charge in [-0.15, -0.1) is 0 Å². The molecule has 2 aliphatic rings. The predicted molar refractivity (Wildman–Crippen MR) is 140 cm³/mol. The van der Waals surface area contributed by atoms with E-state index in [1.807, 2.05) is 24.3 Å². The number of nitrogens with one attached hydrogen (secondary N) is 1. The van der Waals surface area contributed by atoms with E-state index in [-0.39, 0.29) is 13.3 Å². The molecule has 1 aromatic carbocycles. The van der Waals surface area contributed by atoms with Crippen LogP contribution in [-0.4, -0.2) is 112 Å². The van der Waals surface area contributed by atoms with E-state index in [1.165, 1.54) is 0 Å². The van der Waals surface area contributed by atoms with Crippen LogP contribution in [0.2, 0.25) is 0 Å². The molecule has 198 valence electrons. The van der Waals surface area contributed by atoms with E-state index in [4.69, 9.17) is 19.4 Å². The van der Waals surface area contributed by atoms with Gasteiger partial charge in [-0.1, -0.05) is 12.1 Å². The number of likely N-dealkylation sites (N-methyl/N-ethyl adjacent to an activating group) is 1. The molecule has 1 atom stereocenters. The summed E-state index contributed by atoms with van der Waals surface area (Å²) in [6.07, 6.45) is 1.34. The van der Waals surface area contributed by atoms with Crippen molar-refractivity contribution in [3.8, 4) is 17.1 Å². The quantitative estimate of drug-likeness (QED) is 0.478. The number of alkyl halides is 1. The van der Waals surface area contributed by atoms with Gasteiger partial charge >= 0.3 is 0 Å². The summed E-state index contributed by atoms with van der Waals surface area (Å²) in [5.74, 6) is 3.05. The molecular formula is C26H39FN6O3. The second-order valence-electron chi connectivity index (χ2n) is 9.43. The number of halogens is 1. The van der Waals surface area contributed by atoms with E-state index in [0.717, 1.165) is 69.4 Å². The molecule has 2 saturated heterocycles. The summed E-state index contributed by atoms with van der Waals surface area (Å²) >= 11 is 0. The zero-order valence-corrected chi connectivity index (χ0v) is 21.4. The largest absolute Gasteiger partial charge is 0.491 e. The van der Waals surface area contributed by atoms with Gasteiger partial charge in [0, 0.05) is 77.2 Å². The van der Waals surface area contributed by atoms with Gasteiger partial charge in [0.05, 0.1) is 0 Å². The molecule has 2 N–H and O–H groups in total. The summed E-state index contributed by atoms with van der Waals surface area (Å²) in [6, 6.07) is 10.1. The number of aliphatic hydroxyl groups excluding tert-OH is 1. The lowest BCUT2D eigenvalue weighted by Crippen LogP contribution is -2.47. The van der Waals surface area contributed by atoms with E-state index in [1.54, 1.807) is 7.05 Å². The zero-order valence-electron chi connectivity index (χ0n) is 21.4. The van der Waals surface area contributed by atoms with Crippen molar-refractivity contribution in [2.45, 2.75) is 25.0 Å². The molecule has 4 rings (SSSR count).